The van der Waals surface area contributed by atoms with Crippen LogP contribution in [0.5, 0.6) is 17.2 Å². The summed E-state index contributed by atoms with van der Waals surface area (Å²) in [7, 11) is 3.27. The number of nitrogens with one attached hydrogen (secondary N) is 1. The average molecular weight is 375 g/mol. The van der Waals surface area contributed by atoms with Crippen LogP contribution in [0.3, 0.4) is 0 Å². The van der Waals surface area contributed by atoms with E-state index >= 15 is 0 Å². The van der Waals surface area contributed by atoms with Crippen molar-refractivity contribution in [3.05, 3.63) is 54.1 Å². The largest absolute Gasteiger partial charge is 0.497 e. The first-order chi connectivity index (χ1) is 12.6. The summed E-state index contributed by atoms with van der Waals surface area (Å²) in [6.07, 6.45) is 0. The van der Waals surface area contributed by atoms with Crippen molar-refractivity contribution in [2.24, 2.45) is 0 Å². The van der Waals surface area contributed by atoms with Gasteiger partial charge in [-0.3, -0.25) is 4.79 Å². The summed E-state index contributed by atoms with van der Waals surface area (Å²) < 4.78 is 15.9. The van der Waals surface area contributed by atoms with E-state index in [0.29, 0.717) is 12.4 Å². The van der Waals surface area contributed by atoms with Gasteiger partial charge in [-0.1, -0.05) is 12.1 Å². The van der Waals surface area contributed by atoms with Crippen molar-refractivity contribution in [3.8, 4) is 17.2 Å². The molecule has 0 spiro atoms. The van der Waals surface area contributed by atoms with E-state index < -0.39 is 0 Å². The highest BCUT2D eigenvalue weighted by molar-refractivity contribution is 7.99. The fourth-order valence-electron chi connectivity index (χ4n) is 2.23. The van der Waals surface area contributed by atoms with E-state index in [1.165, 1.54) is 5.56 Å². The fourth-order valence-corrected chi connectivity index (χ4v) is 3.03. The predicted molar refractivity (Wildman–Crippen MR) is 105 cm³/mol. The molecule has 140 valence electrons. The van der Waals surface area contributed by atoms with Gasteiger partial charge in [-0.15, -0.1) is 11.8 Å². The van der Waals surface area contributed by atoms with Crippen LogP contribution in [0.4, 0.5) is 0 Å². The number of hydrogen-bond donors (Lipinski definition) is 1. The molecule has 5 nitrogen and oxygen atoms in total. The van der Waals surface area contributed by atoms with E-state index in [1.54, 1.807) is 26.0 Å². The van der Waals surface area contributed by atoms with Crippen molar-refractivity contribution in [2.75, 3.05) is 26.6 Å². The van der Waals surface area contributed by atoms with Gasteiger partial charge < -0.3 is 19.5 Å². The van der Waals surface area contributed by atoms with Gasteiger partial charge in [0.15, 0.2) is 0 Å². The van der Waals surface area contributed by atoms with Crippen LogP contribution in [0, 0.1) is 0 Å². The Bertz CT molecular complexity index is 673. The molecule has 0 aliphatic carbocycles. The zero-order valence-electron chi connectivity index (χ0n) is 15.4. The quantitative estimate of drug-likeness (QED) is 0.689. The van der Waals surface area contributed by atoms with E-state index in [-0.39, 0.29) is 11.9 Å². The monoisotopic (exact) mass is 375 g/mol. The van der Waals surface area contributed by atoms with E-state index in [4.69, 9.17) is 14.2 Å². The molecule has 0 aliphatic rings. The summed E-state index contributed by atoms with van der Waals surface area (Å²) in [6.45, 7) is 2.34. The molecule has 0 heterocycles. The minimum absolute atomic E-state index is 0.00865. The molecule has 2 aromatic carbocycles. The van der Waals surface area contributed by atoms with Crippen LogP contribution in [0.25, 0.3) is 0 Å². The first-order valence-corrected chi connectivity index (χ1v) is 9.53. The minimum atomic E-state index is -0.0637. The Labute approximate surface area is 159 Å². The van der Waals surface area contributed by atoms with Gasteiger partial charge in [0, 0.05) is 5.75 Å². The Morgan fingerprint density at radius 1 is 0.962 bits per heavy atom. The van der Waals surface area contributed by atoms with E-state index in [0.717, 1.165) is 23.0 Å². The van der Waals surface area contributed by atoms with Crippen molar-refractivity contribution in [1.29, 1.82) is 0 Å². The number of carbonyl (C=O) groups is 1. The maximum Gasteiger partial charge on any atom is 0.230 e. The van der Waals surface area contributed by atoms with Gasteiger partial charge in [-0.2, -0.15) is 0 Å². The van der Waals surface area contributed by atoms with E-state index in [1.807, 2.05) is 55.5 Å². The van der Waals surface area contributed by atoms with Gasteiger partial charge in [-0.05, 0) is 48.9 Å². The SMILES string of the molecule is COc1ccc(CSCC(=O)NC(C)COc2ccc(OC)cc2)cc1. The summed E-state index contributed by atoms with van der Waals surface area (Å²) in [4.78, 5) is 12.0. The Balaban J connectivity index is 1.64. The van der Waals surface area contributed by atoms with E-state index in [9.17, 15) is 4.79 Å². The molecule has 1 N–H and O–H groups in total. The number of rotatable bonds is 10. The molecule has 0 bridgehead atoms. The lowest BCUT2D eigenvalue weighted by molar-refractivity contribution is -0.119. The second-order valence-electron chi connectivity index (χ2n) is 5.80. The minimum Gasteiger partial charge on any atom is -0.497 e. The highest BCUT2D eigenvalue weighted by Gasteiger charge is 2.08. The Hall–Kier alpha value is -2.34. The van der Waals surface area contributed by atoms with Gasteiger partial charge in [0.25, 0.3) is 0 Å². The lowest BCUT2D eigenvalue weighted by atomic mass is 10.2. The van der Waals surface area contributed by atoms with Crippen LogP contribution in [-0.2, 0) is 10.5 Å². The van der Waals surface area contributed by atoms with Crippen LogP contribution >= 0.6 is 11.8 Å². The summed E-state index contributed by atoms with van der Waals surface area (Å²) >= 11 is 1.58. The summed E-state index contributed by atoms with van der Waals surface area (Å²) in [5.41, 5.74) is 1.17. The molecule has 1 atom stereocenters. The Morgan fingerprint density at radius 2 is 1.50 bits per heavy atom. The third kappa shape index (κ3) is 6.88. The molecule has 0 aliphatic heterocycles. The second-order valence-corrected chi connectivity index (χ2v) is 6.78. The number of benzene rings is 2. The zero-order chi connectivity index (χ0) is 18.8. The average Bonchev–Trinajstić information content (AvgIpc) is 2.67. The molecule has 0 aromatic heterocycles. The Morgan fingerprint density at radius 3 is 2.08 bits per heavy atom. The first-order valence-electron chi connectivity index (χ1n) is 8.37. The van der Waals surface area contributed by atoms with Gasteiger partial charge in [0.05, 0.1) is 26.0 Å². The van der Waals surface area contributed by atoms with Crippen LogP contribution < -0.4 is 19.5 Å². The Kier molecular flexibility index (Phi) is 8.15. The number of carbonyl (C=O) groups excluding carboxylic acids is 1. The molecule has 1 amide bonds. The van der Waals surface area contributed by atoms with Crippen molar-refractivity contribution in [1.82, 2.24) is 5.32 Å². The maximum atomic E-state index is 12.0. The highest BCUT2D eigenvalue weighted by Crippen LogP contribution is 2.18. The number of ether oxygens (including phenoxy) is 3. The molecule has 2 aromatic rings. The van der Waals surface area contributed by atoms with Crippen LogP contribution in [-0.4, -0.2) is 38.5 Å². The molecule has 1 unspecified atom stereocenters. The van der Waals surface area contributed by atoms with Crippen molar-refractivity contribution in [3.63, 3.8) is 0 Å². The van der Waals surface area contributed by atoms with Crippen molar-refractivity contribution >= 4 is 17.7 Å². The van der Waals surface area contributed by atoms with E-state index in [2.05, 4.69) is 5.32 Å². The number of thioether (sulfide) groups is 1. The third-order valence-electron chi connectivity index (χ3n) is 3.63. The zero-order valence-corrected chi connectivity index (χ0v) is 16.2. The number of amides is 1. The molecule has 0 radical (unpaired) electrons. The van der Waals surface area contributed by atoms with Crippen molar-refractivity contribution in [2.45, 2.75) is 18.7 Å². The summed E-state index contributed by atoms with van der Waals surface area (Å²) in [5.74, 6) is 3.58. The predicted octanol–water partition coefficient (Wildman–Crippen LogP) is 3.52. The van der Waals surface area contributed by atoms with Gasteiger partial charge in [-0.25, -0.2) is 0 Å². The van der Waals surface area contributed by atoms with Crippen LogP contribution in [0.1, 0.15) is 12.5 Å². The number of hydrogen-bond acceptors (Lipinski definition) is 5. The molecule has 6 heteroatoms. The molecular formula is C20H25NO4S. The molecular weight excluding hydrogens is 350 g/mol. The molecule has 0 saturated carbocycles. The normalized spacial score (nSPS) is 11.5. The van der Waals surface area contributed by atoms with Crippen LogP contribution in [0.15, 0.2) is 48.5 Å². The van der Waals surface area contributed by atoms with Crippen molar-refractivity contribution < 1.29 is 19.0 Å². The molecule has 0 fully saturated rings. The summed E-state index contributed by atoms with van der Waals surface area (Å²) in [5, 5.41) is 2.95. The summed E-state index contributed by atoms with van der Waals surface area (Å²) in [6, 6.07) is 15.2. The van der Waals surface area contributed by atoms with Gasteiger partial charge in [0.1, 0.15) is 23.9 Å². The molecule has 0 saturated heterocycles. The second kappa shape index (κ2) is 10.6. The first kappa shape index (κ1) is 20.0. The fraction of sp³-hybridized carbons (Fsp3) is 0.350. The van der Waals surface area contributed by atoms with Gasteiger partial charge in [0.2, 0.25) is 5.91 Å². The topological polar surface area (TPSA) is 56.8 Å². The molecule has 26 heavy (non-hydrogen) atoms. The van der Waals surface area contributed by atoms with Gasteiger partial charge >= 0.3 is 0 Å². The van der Waals surface area contributed by atoms with Crippen LogP contribution in [0.2, 0.25) is 0 Å². The molecule has 2 rings (SSSR count). The lowest BCUT2D eigenvalue weighted by Gasteiger charge is -2.15. The smallest absolute Gasteiger partial charge is 0.230 e. The maximum absolute atomic E-state index is 12.0. The lowest BCUT2D eigenvalue weighted by Crippen LogP contribution is -2.37. The standard InChI is InChI=1S/C20H25NO4S/c1-15(12-25-19-10-8-18(24-3)9-11-19)21-20(22)14-26-13-16-4-6-17(23-2)7-5-16/h4-11,15H,12-14H2,1-3H3,(H,21,22). The third-order valence-corrected chi connectivity index (χ3v) is 4.63. The highest BCUT2D eigenvalue weighted by atomic mass is 32.2. The number of methoxy groups -OCH3 is 2.